The molecular formula is C32H39N3O5S. The van der Waals surface area contributed by atoms with Crippen molar-refractivity contribution in [2.24, 2.45) is 11.7 Å². The highest BCUT2D eigenvalue weighted by atomic mass is 32.2. The van der Waals surface area contributed by atoms with E-state index < -0.39 is 21.7 Å². The van der Waals surface area contributed by atoms with Gasteiger partial charge in [0.1, 0.15) is 0 Å². The molecule has 3 N–H and O–H groups in total. The van der Waals surface area contributed by atoms with Gasteiger partial charge in [-0.25, -0.2) is 8.42 Å². The summed E-state index contributed by atoms with van der Waals surface area (Å²) in [6, 6.07) is 21.0. The number of aliphatic hydroxyl groups excluding tert-OH is 1. The lowest BCUT2D eigenvalue weighted by Gasteiger charge is -2.29. The fourth-order valence-corrected chi connectivity index (χ4v) is 6.83. The molecule has 0 unspecified atom stereocenters. The Bertz CT molecular complexity index is 1450. The third kappa shape index (κ3) is 6.58. The summed E-state index contributed by atoms with van der Waals surface area (Å²) < 4.78 is 30.0. The van der Waals surface area contributed by atoms with E-state index in [1.165, 1.54) is 11.3 Å². The summed E-state index contributed by atoms with van der Waals surface area (Å²) in [6.07, 6.45) is 2.06. The van der Waals surface area contributed by atoms with Crippen molar-refractivity contribution in [3.8, 4) is 0 Å². The topological polar surface area (TPSA) is 113 Å². The lowest BCUT2D eigenvalue weighted by atomic mass is 9.88. The number of morpholine rings is 1. The van der Waals surface area contributed by atoms with E-state index in [0.717, 1.165) is 63.5 Å². The van der Waals surface area contributed by atoms with Gasteiger partial charge >= 0.3 is 0 Å². The molecule has 8 nitrogen and oxygen atoms in total. The van der Waals surface area contributed by atoms with Crippen LogP contribution in [0.25, 0.3) is 0 Å². The number of amides is 1. The second-order valence-electron chi connectivity index (χ2n) is 10.9. The van der Waals surface area contributed by atoms with Gasteiger partial charge in [-0.2, -0.15) is 0 Å². The molecule has 0 spiro atoms. The predicted molar refractivity (Wildman–Crippen MR) is 162 cm³/mol. The fraction of sp³-hybridized carbons (Fsp3) is 0.406. The van der Waals surface area contributed by atoms with Crippen molar-refractivity contribution in [3.05, 3.63) is 89.0 Å². The lowest BCUT2D eigenvalue weighted by molar-refractivity contribution is 0.0999. The minimum atomic E-state index is -3.34. The second kappa shape index (κ2) is 12.6. The van der Waals surface area contributed by atoms with Gasteiger partial charge in [-0.15, -0.1) is 0 Å². The molecule has 9 heteroatoms. The molecule has 0 saturated carbocycles. The predicted octanol–water partition coefficient (Wildman–Crippen LogP) is 3.61. The number of hydrogen-bond acceptors (Lipinski definition) is 7. The Kier molecular flexibility index (Phi) is 8.97. The first-order chi connectivity index (χ1) is 19.8. The summed E-state index contributed by atoms with van der Waals surface area (Å²) in [5.74, 6) is -0.556. The second-order valence-corrected chi connectivity index (χ2v) is 13.2. The van der Waals surface area contributed by atoms with Crippen LogP contribution < -0.4 is 15.5 Å². The van der Waals surface area contributed by atoms with Crippen molar-refractivity contribution < 1.29 is 23.1 Å². The normalized spacial score (nSPS) is 18.4. The Morgan fingerprint density at radius 2 is 1.66 bits per heavy atom. The average molecular weight is 578 g/mol. The molecule has 2 fully saturated rings. The zero-order chi connectivity index (χ0) is 29.0. The minimum Gasteiger partial charge on any atom is -0.395 e. The van der Waals surface area contributed by atoms with Crippen LogP contribution in [-0.4, -0.2) is 71.2 Å². The number of carbonyl (C=O) groups excluding carboxylic acids is 1. The molecule has 218 valence electrons. The van der Waals surface area contributed by atoms with Gasteiger partial charge in [-0.1, -0.05) is 31.2 Å². The van der Waals surface area contributed by atoms with Gasteiger partial charge in [-0.3, -0.25) is 4.79 Å². The lowest BCUT2D eigenvalue weighted by Crippen LogP contribution is -2.36. The molecule has 2 heterocycles. The summed E-state index contributed by atoms with van der Waals surface area (Å²) in [4.78, 5) is 17.3. The van der Waals surface area contributed by atoms with E-state index in [2.05, 4.69) is 34.1 Å². The van der Waals surface area contributed by atoms with Crippen LogP contribution in [0.4, 0.5) is 11.4 Å². The Hall–Kier alpha value is -3.40. The third-order valence-electron chi connectivity index (χ3n) is 8.37. The molecule has 0 bridgehead atoms. The number of carbonyl (C=O) groups is 1. The van der Waals surface area contributed by atoms with Crippen LogP contribution in [0.5, 0.6) is 0 Å². The van der Waals surface area contributed by atoms with Crippen LogP contribution in [0, 0.1) is 5.92 Å². The molecule has 41 heavy (non-hydrogen) atoms. The number of sulfone groups is 1. The van der Waals surface area contributed by atoms with Crippen LogP contribution in [-0.2, 0) is 21.0 Å². The van der Waals surface area contributed by atoms with Crippen molar-refractivity contribution >= 4 is 27.1 Å². The molecule has 5 rings (SSSR count). The van der Waals surface area contributed by atoms with Gasteiger partial charge in [0, 0.05) is 49.0 Å². The van der Waals surface area contributed by atoms with Crippen molar-refractivity contribution in [2.45, 2.75) is 30.6 Å². The fourth-order valence-electron chi connectivity index (χ4n) is 5.95. The zero-order valence-electron chi connectivity index (χ0n) is 23.5. The van der Waals surface area contributed by atoms with Gasteiger partial charge in [0.15, 0.2) is 9.84 Å². The van der Waals surface area contributed by atoms with Crippen molar-refractivity contribution in [1.29, 1.82) is 0 Å². The van der Waals surface area contributed by atoms with Crippen LogP contribution >= 0.6 is 0 Å². The standard InChI is InChI=1S/C32H39N3O5S/c1-2-41(38,39)28-10-5-25(6-11-28)31(22-36)30-20-27(9-12-29(30)32(33)37)35-14-13-24(21-35)19-23-3-7-26(8-4-23)34-15-17-40-18-16-34/h3-12,20,24,31,36H,2,13-19,21-22H2,1H3,(H2,33,37)/t24-,31+/m0/s1. The number of rotatable bonds is 10. The summed E-state index contributed by atoms with van der Waals surface area (Å²) in [7, 11) is -3.34. The molecule has 3 aromatic carbocycles. The first-order valence-corrected chi connectivity index (χ1v) is 16.0. The SMILES string of the molecule is CCS(=O)(=O)c1ccc([C@@H](CO)c2cc(N3CC[C@@H](Cc4ccc(N5CCOCC5)cc4)C3)ccc2C(N)=O)cc1. The number of nitrogens with two attached hydrogens (primary N) is 1. The highest BCUT2D eigenvalue weighted by Crippen LogP contribution is 2.34. The molecule has 0 radical (unpaired) electrons. The Morgan fingerprint density at radius 1 is 0.976 bits per heavy atom. The quantitative estimate of drug-likeness (QED) is 0.379. The van der Waals surface area contributed by atoms with E-state index >= 15 is 0 Å². The Labute approximate surface area is 242 Å². The smallest absolute Gasteiger partial charge is 0.249 e. The monoisotopic (exact) mass is 577 g/mol. The molecule has 3 aromatic rings. The van der Waals surface area contributed by atoms with Gasteiger partial charge in [0.2, 0.25) is 5.91 Å². The highest BCUT2D eigenvalue weighted by molar-refractivity contribution is 7.91. The Morgan fingerprint density at radius 3 is 2.29 bits per heavy atom. The maximum absolute atomic E-state index is 12.3. The molecule has 2 saturated heterocycles. The average Bonchev–Trinajstić information content (AvgIpc) is 3.47. The van der Waals surface area contributed by atoms with Gasteiger partial charge < -0.3 is 25.4 Å². The van der Waals surface area contributed by atoms with Crippen LogP contribution in [0.1, 0.15) is 46.3 Å². The number of benzene rings is 3. The number of anilines is 2. The number of primary amides is 1. The number of hydrogen-bond donors (Lipinski definition) is 2. The molecule has 2 aliphatic heterocycles. The van der Waals surface area contributed by atoms with Crippen LogP contribution in [0.2, 0.25) is 0 Å². The van der Waals surface area contributed by atoms with Crippen molar-refractivity contribution in [1.82, 2.24) is 0 Å². The van der Waals surface area contributed by atoms with E-state index in [4.69, 9.17) is 10.5 Å². The molecular weight excluding hydrogens is 538 g/mol. The van der Waals surface area contributed by atoms with Crippen LogP contribution in [0.15, 0.2) is 71.6 Å². The van der Waals surface area contributed by atoms with Crippen molar-refractivity contribution in [3.63, 3.8) is 0 Å². The molecule has 0 aromatic heterocycles. The zero-order valence-corrected chi connectivity index (χ0v) is 24.4. The highest BCUT2D eigenvalue weighted by Gasteiger charge is 2.26. The van der Waals surface area contributed by atoms with Gasteiger partial charge in [-0.05, 0) is 77.9 Å². The number of ether oxygens (including phenoxy) is 1. The van der Waals surface area contributed by atoms with E-state index in [-0.39, 0.29) is 17.3 Å². The van der Waals surface area contributed by atoms with Gasteiger partial charge in [0.05, 0.1) is 30.5 Å². The largest absolute Gasteiger partial charge is 0.395 e. The van der Waals surface area contributed by atoms with Crippen molar-refractivity contribution in [2.75, 3.05) is 61.6 Å². The number of aliphatic hydroxyl groups is 1. The molecule has 1 amide bonds. The summed E-state index contributed by atoms with van der Waals surface area (Å²) in [5, 5.41) is 10.4. The Balaban J connectivity index is 1.31. The van der Waals surface area contributed by atoms with E-state index in [1.54, 1.807) is 37.3 Å². The first-order valence-electron chi connectivity index (χ1n) is 14.3. The number of nitrogens with zero attached hydrogens (tertiary/aromatic N) is 2. The molecule has 2 atom stereocenters. The van der Waals surface area contributed by atoms with E-state index in [9.17, 15) is 18.3 Å². The maximum atomic E-state index is 12.3. The maximum Gasteiger partial charge on any atom is 0.249 e. The summed E-state index contributed by atoms with van der Waals surface area (Å²) in [5.41, 5.74) is 11.0. The molecule has 0 aliphatic carbocycles. The van der Waals surface area contributed by atoms with E-state index in [1.807, 2.05) is 12.1 Å². The minimum absolute atomic E-state index is 0.0141. The molecule has 2 aliphatic rings. The van der Waals surface area contributed by atoms with Gasteiger partial charge in [0.25, 0.3) is 0 Å². The third-order valence-corrected chi connectivity index (χ3v) is 10.1. The summed E-state index contributed by atoms with van der Waals surface area (Å²) in [6.45, 7) is 6.57. The van der Waals surface area contributed by atoms with Crippen LogP contribution in [0.3, 0.4) is 0 Å². The van der Waals surface area contributed by atoms with E-state index in [0.29, 0.717) is 17.0 Å². The first kappa shape index (κ1) is 29.1. The summed E-state index contributed by atoms with van der Waals surface area (Å²) >= 11 is 0.